The molecular formula is C15H14ClN3O3. The molecule has 114 valence electrons. The number of halogens is 1. The fourth-order valence-electron chi connectivity index (χ4n) is 1.74. The number of rotatable bonds is 3. The van der Waals surface area contributed by atoms with Gasteiger partial charge in [0, 0.05) is 10.7 Å². The number of carbonyl (C=O) groups excluding carboxylic acids is 2. The van der Waals surface area contributed by atoms with Gasteiger partial charge in [0.25, 0.3) is 0 Å². The molecule has 2 aromatic rings. The Hall–Kier alpha value is -2.60. The Balaban J connectivity index is 2.09. The van der Waals surface area contributed by atoms with Crippen LogP contribution in [0.1, 0.15) is 5.69 Å². The van der Waals surface area contributed by atoms with E-state index in [-0.39, 0.29) is 0 Å². The molecule has 0 aliphatic rings. The van der Waals surface area contributed by atoms with Crippen molar-refractivity contribution in [2.24, 2.45) is 0 Å². The molecule has 0 radical (unpaired) electrons. The molecule has 2 rings (SSSR count). The fourth-order valence-corrected chi connectivity index (χ4v) is 1.91. The van der Waals surface area contributed by atoms with Gasteiger partial charge in [0.1, 0.15) is 11.6 Å². The number of benzene rings is 1. The predicted molar refractivity (Wildman–Crippen MR) is 84.2 cm³/mol. The van der Waals surface area contributed by atoms with Crippen molar-refractivity contribution in [3.8, 4) is 5.75 Å². The number of hydrogen-bond donors (Lipinski definition) is 2. The number of nitrogens with one attached hydrogen (secondary N) is 2. The highest BCUT2D eigenvalue weighted by molar-refractivity contribution is 6.43. The zero-order valence-corrected chi connectivity index (χ0v) is 12.8. The van der Waals surface area contributed by atoms with Crippen molar-refractivity contribution in [1.29, 1.82) is 0 Å². The number of aryl methyl sites for hydroxylation is 1. The lowest BCUT2D eigenvalue weighted by atomic mass is 10.3. The first-order chi connectivity index (χ1) is 10.5. The molecule has 1 aromatic carbocycles. The van der Waals surface area contributed by atoms with Crippen molar-refractivity contribution < 1.29 is 14.3 Å². The summed E-state index contributed by atoms with van der Waals surface area (Å²) < 4.78 is 5.10. The highest BCUT2D eigenvalue weighted by atomic mass is 35.5. The average molecular weight is 320 g/mol. The van der Waals surface area contributed by atoms with Crippen molar-refractivity contribution in [1.82, 2.24) is 4.98 Å². The zero-order valence-electron chi connectivity index (χ0n) is 12.0. The summed E-state index contributed by atoms with van der Waals surface area (Å²) in [6.07, 6.45) is 0. The molecule has 1 heterocycles. The van der Waals surface area contributed by atoms with Gasteiger partial charge in [0.15, 0.2) is 0 Å². The van der Waals surface area contributed by atoms with E-state index in [1.54, 1.807) is 37.3 Å². The Morgan fingerprint density at radius 3 is 2.55 bits per heavy atom. The number of hydrogen-bond acceptors (Lipinski definition) is 4. The summed E-state index contributed by atoms with van der Waals surface area (Å²) in [7, 11) is 1.45. The number of nitrogens with zero attached hydrogens (tertiary/aromatic N) is 1. The van der Waals surface area contributed by atoms with E-state index in [1.807, 2.05) is 0 Å². The summed E-state index contributed by atoms with van der Waals surface area (Å²) in [5.74, 6) is -0.971. The zero-order chi connectivity index (χ0) is 16.1. The number of aromatic nitrogens is 1. The number of carbonyl (C=O) groups is 2. The molecule has 1 aromatic heterocycles. The molecule has 0 spiro atoms. The van der Waals surface area contributed by atoms with Crippen LogP contribution in [0.2, 0.25) is 5.02 Å². The third-order valence-electron chi connectivity index (χ3n) is 2.75. The molecule has 0 aliphatic carbocycles. The Morgan fingerprint density at radius 1 is 1.14 bits per heavy atom. The molecule has 0 atom stereocenters. The number of amides is 2. The SMILES string of the molecule is COc1ccc(Cl)cc1NC(=O)C(=O)Nc1cccc(C)n1. The fraction of sp³-hybridized carbons (Fsp3) is 0.133. The van der Waals surface area contributed by atoms with E-state index >= 15 is 0 Å². The Labute approximate surface area is 132 Å². The maximum Gasteiger partial charge on any atom is 0.315 e. The van der Waals surface area contributed by atoms with Crippen LogP contribution in [0.5, 0.6) is 5.75 Å². The summed E-state index contributed by atoms with van der Waals surface area (Å²) in [5.41, 5.74) is 1.04. The molecule has 22 heavy (non-hydrogen) atoms. The van der Waals surface area contributed by atoms with Crippen molar-refractivity contribution in [3.63, 3.8) is 0 Å². The number of methoxy groups -OCH3 is 1. The second-order valence-corrected chi connectivity index (χ2v) is 4.85. The smallest absolute Gasteiger partial charge is 0.315 e. The van der Waals surface area contributed by atoms with Crippen molar-refractivity contribution >= 4 is 34.9 Å². The van der Waals surface area contributed by atoms with Crippen LogP contribution in [-0.4, -0.2) is 23.9 Å². The first-order valence-corrected chi connectivity index (χ1v) is 6.77. The second-order valence-electron chi connectivity index (χ2n) is 4.42. The Morgan fingerprint density at radius 2 is 1.86 bits per heavy atom. The quantitative estimate of drug-likeness (QED) is 0.852. The van der Waals surface area contributed by atoms with E-state index in [9.17, 15) is 9.59 Å². The molecule has 7 heteroatoms. The van der Waals surface area contributed by atoms with Gasteiger partial charge in [-0.05, 0) is 37.3 Å². The molecule has 2 N–H and O–H groups in total. The van der Waals surface area contributed by atoms with Gasteiger partial charge < -0.3 is 15.4 Å². The van der Waals surface area contributed by atoms with Gasteiger partial charge in [0.2, 0.25) is 0 Å². The molecule has 0 bridgehead atoms. The van der Waals surface area contributed by atoms with Crippen molar-refractivity contribution in [2.75, 3.05) is 17.7 Å². The Kier molecular flexibility index (Phi) is 4.95. The van der Waals surface area contributed by atoms with Crippen LogP contribution in [0.3, 0.4) is 0 Å². The first-order valence-electron chi connectivity index (χ1n) is 6.39. The van der Waals surface area contributed by atoms with Crippen LogP contribution in [0.25, 0.3) is 0 Å². The van der Waals surface area contributed by atoms with Gasteiger partial charge >= 0.3 is 11.8 Å². The van der Waals surface area contributed by atoms with Crippen LogP contribution < -0.4 is 15.4 Å². The topological polar surface area (TPSA) is 80.3 Å². The molecule has 0 unspecified atom stereocenters. The van der Waals surface area contributed by atoms with Gasteiger partial charge in [-0.3, -0.25) is 9.59 Å². The number of anilines is 2. The summed E-state index contributed by atoms with van der Waals surface area (Å²) >= 11 is 5.87. The minimum atomic E-state index is -0.844. The highest BCUT2D eigenvalue weighted by Gasteiger charge is 2.16. The normalized spacial score (nSPS) is 9.95. The van der Waals surface area contributed by atoms with E-state index in [4.69, 9.17) is 16.3 Å². The summed E-state index contributed by atoms with van der Waals surface area (Å²) in [6, 6.07) is 9.82. The monoisotopic (exact) mass is 319 g/mol. The average Bonchev–Trinajstić information content (AvgIpc) is 2.47. The molecule has 6 nitrogen and oxygen atoms in total. The van der Waals surface area contributed by atoms with Crippen molar-refractivity contribution in [3.05, 3.63) is 47.1 Å². The minimum Gasteiger partial charge on any atom is -0.495 e. The Bertz CT molecular complexity index is 719. The van der Waals surface area contributed by atoms with Crippen LogP contribution >= 0.6 is 11.6 Å². The second kappa shape index (κ2) is 6.91. The summed E-state index contributed by atoms with van der Waals surface area (Å²) in [5, 5.41) is 5.28. The maximum absolute atomic E-state index is 11.9. The van der Waals surface area contributed by atoms with E-state index in [2.05, 4.69) is 15.6 Å². The lowest BCUT2D eigenvalue weighted by Gasteiger charge is -2.10. The molecule has 0 aliphatic heterocycles. The summed E-state index contributed by atoms with van der Waals surface area (Å²) in [6.45, 7) is 1.78. The van der Waals surface area contributed by atoms with Gasteiger partial charge in [-0.1, -0.05) is 17.7 Å². The van der Waals surface area contributed by atoms with Crippen molar-refractivity contribution in [2.45, 2.75) is 6.92 Å². The number of pyridine rings is 1. The molecule has 0 saturated carbocycles. The van der Waals surface area contributed by atoms with Crippen LogP contribution in [-0.2, 0) is 9.59 Å². The number of ether oxygens (including phenoxy) is 1. The highest BCUT2D eigenvalue weighted by Crippen LogP contribution is 2.27. The largest absolute Gasteiger partial charge is 0.495 e. The van der Waals surface area contributed by atoms with E-state index in [1.165, 1.54) is 13.2 Å². The lowest BCUT2D eigenvalue weighted by Crippen LogP contribution is -2.29. The third-order valence-corrected chi connectivity index (χ3v) is 2.98. The van der Waals surface area contributed by atoms with E-state index < -0.39 is 11.8 Å². The lowest BCUT2D eigenvalue weighted by molar-refractivity contribution is -0.133. The van der Waals surface area contributed by atoms with E-state index in [0.29, 0.717) is 22.3 Å². The van der Waals surface area contributed by atoms with Crippen LogP contribution in [0.15, 0.2) is 36.4 Å². The molecule has 0 saturated heterocycles. The predicted octanol–water partition coefficient (Wildman–Crippen LogP) is 2.63. The molecule has 2 amide bonds. The first kappa shape index (κ1) is 15.8. The van der Waals surface area contributed by atoms with Crippen LogP contribution in [0, 0.1) is 6.92 Å². The van der Waals surface area contributed by atoms with Gasteiger partial charge in [-0.15, -0.1) is 0 Å². The standard InChI is InChI=1S/C15H14ClN3O3/c1-9-4-3-5-13(17-9)19-15(21)14(20)18-11-8-10(16)6-7-12(11)22-2/h3-8H,1-2H3,(H,18,20)(H,17,19,21). The van der Waals surface area contributed by atoms with Gasteiger partial charge in [-0.25, -0.2) is 4.98 Å². The molecular weight excluding hydrogens is 306 g/mol. The minimum absolute atomic E-state index is 0.304. The summed E-state index contributed by atoms with van der Waals surface area (Å²) in [4.78, 5) is 27.9. The third kappa shape index (κ3) is 3.95. The maximum atomic E-state index is 11.9. The van der Waals surface area contributed by atoms with Crippen LogP contribution in [0.4, 0.5) is 11.5 Å². The van der Waals surface area contributed by atoms with Gasteiger partial charge in [-0.2, -0.15) is 0 Å². The van der Waals surface area contributed by atoms with Gasteiger partial charge in [0.05, 0.1) is 12.8 Å². The van der Waals surface area contributed by atoms with E-state index in [0.717, 1.165) is 5.69 Å². The molecule has 0 fully saturated rings.